The molecule has 1 aromatic heterocycles. The van der Waals surface area contributed by atoms with Crippen LogP contribution >= 0.6 is 0 Å². The first-order valence-electron chi connectivity index (χ1n) is 13.0. The molecule has 0 amide bonds. The van der Waals surface area contributed by atoms with Crippen LogP contribution in [0.4, 0.5) is 0 Å². The van der Waals surface area contributed by atoms with Gasteiger partial charge in [-0.3, -0.25) is 0 Å². The standard InChI is InChI=1S/C29H42N2O2/c1-3-5-7-9-11-13-17-25-23-30-29(31-24-25)33-28(32)22-21-27(20-14-10-8-6-4-2)26-18-15-12-16-19-26/h12,15-16,18-19,21-24,27H,3-11,13-14,17,20H2,1-2H3. The molecule has 2 rings (SSSR count). The molecular weight excluding hydrogens is 408 g/mol. The summed E-state index contributed by atoms with van der Waals surface area (Å²) in [6, 6.07) is 10.5. The minimum atomic E-state index is -0.425. The van der Waals surface area contributed by atoms with Crippen molar-refractivity contribution in [1.82, 2.24) is 9.97 Å². The Morgan fingerprint density at radius 2 is 1.45 bits per heavy atom. The third-order valence-corrected chi connectivity index (χ3v) is 6.00. The fourth-order valence-electron chi connectivity index (χ4n) is 3.99. The van der Waals surface area contributed by atoms with E-state index in [1.165, 1.54) is 69.4 Å². The Labute approximate surface area is 200 Å². The van der Waals surface area contributed by atoms with Crippen molar-refractivity contribution in [1.29, 1.82) is 0 Å². The van der Waals surface area contributed by atoms with Gasteiger partial charge in [-0.05, 0) is 30.4 Å². The Hall–Kier alpha value is -2.49. The molecule has 0 bridgehead atoms. The minimum Gasteiger partial charge on any atom is -0.388 e. The molecule has 0 aliphatic heterocycles. The highest BCUT2D eigenvalue weighted by Crippen LogP contribution is 2.24. The van der Waals surface area contributed by atoms with E-state index < -0.39 is 5.97 Å². The fourth-order valence-corrected chi connectivity index (χ4v) is 3.99. The number of aryl methyl sites for hydroxylation is 1. The van der Waals surface area contributed by atoms with E-state index in [0.717, 1.165) is 31.2 Å². The second kappa shape index (κ2) is 17.0. The number of carbonyl (C=O) groups excluding carboxylic acids is 1. The molecule has 0 radical (unpaired) electrons. The van der Waals surface area contributed by atoms with Gasteiger partial charge in [0.2, 0.25) is 0 Å². The summed E-state index contributed by atoms with van der Waals surface area (Å²) in [5.41, 5.74) is 2.32. The molecule has 2 aromatic rings. The maximum Gasteiger partial charge on any atom is 0.338 e. The maximum absolute atomic E-state index is 12.4. The summed E-state index contributed by atoms with van der Waals surface area (Å²) < 4.78 is 5.34. The number of hydrogen-bond acceptors (Lipinski definition) is 4. The van der Waals surface area contributed by atoms with Crippen LogP contribution in [0.2, 0.25) is 0 Å². The average Bonchev–Trinajstić information content (AvgIpc) is 2.84. The summed E-state index contributed by atoms with van der Waals surface area (Å²) in [7, 11) is 0. The van der Waals surface area contributed by atoms with Gasteiger partial charge in [0.25, 0.3) is 0 Å². The quantitative estimate of drug-likeness (QED) is 0.139. The van der Waals surface area contributed by atoms with E-state index in [-0.39, 0.29) is 11.9 Å². The van der Waals surface area contributed by atoms with Crippen molar-refractivity contribution in [2.45, 2.75) is 103 Å². The Morgan fingerprint density at radius 3 is 2.12 bits per heavy atom. The Balaban J connectivity index is 1.81. The summed E-state index contributed by atoms with van der Waals surface area (Å²) in [5.74, 6) is -0.216. The van der Waals surface area contributed by atoms with Crippen LogP contribution in [0, 0.1) is 0 Å². The van der Waals surface area contributed by atoms with Crippen LogP contribution in [-0.4, -0.2) is 15.9 Å². The second-order valence-electron chi connectivity index (χ2n) is 8.89. The monoisotopic (exact) mass is 450 g/mol. The molecule has 0 saturated heterocycles. The molecule has 0 aliphatic rings. The highest BCUT2D eigenvalue weighted by atomic mass is 16.5. The van der Waals surface area contributed by atoms with Gasteiger partial charge in [-0.2, -0.15) is 0 Å². The van der Waals surface area contributed by atoms with Gasteiger partial charge >= 0.3 is 12.0 Å². The van der Waals surface area contributed by atoms with Gasteiger partial charge in [0.05, 0.1) is 0 Å². The van der Waals surface area contributed by atoms with E-state index in [0.29, 0.717) is 0 Å². The van der Waals surface area contributed by atoms with Crippen LogP contribution in [0.25, 0.3) is 0 Å². The lowest BCUT2D eigenvalue weighted by Gasteiger charge is -2.13. The summed E-state index contributed by atoms with van der Waals surface area (Å²) >= 11 is 0. The van der Waals surface area contributed by atoms with Crippen LogP contribution in [0.1, 0.15) is 108 Å². The molecule has 0 fully saturated rings. The van der Waals surface area contributed by atoms with Gasteiger partial charge in [0.1, 0.15) is 0 Å². The van der Waals surface area contributed by atoms with Crippen LogP contribution in [0.3, 0.4) is 0 Å². The molecule has 33 heavy (non-hydrogen) atoms. The average molecular weight is 451 g/mol. The van der Waals surface area contributed by atoms with Gasteiger partial charge in [0, 0.05) is 24.4 Å². The molecule has 4 nitrogen and oxygen atoms in total. The second-order valence-corrected chi connectivity index (χ2v) is 8.89. The zero-order chi connectivity index (χ0) is 23.6. The first-order valence-corrected chi connectivity index (χ1v) is 13.0. The topological polar surface area (TPSA) is 52.1 Å². The van der Waals surface area contributed by atoms with Crippen LogP contribution in [0.5, 0.6) is 6.01 Å². The smallest absolute Gasteiger partial charge is 0.338 e. The predicted molar refractivity (Wildman–Crippen MR) is 136 cm³/mol. The lowest BCUT2D eigenvalue weighted by atomic mass is 9.92. The molecule has 180 valence electrons. The predicted octanol–water partition coefficient (Wildman–Crippen LogP) is 7.99. The number of ether oxygens (including phenoxy) is 1. The minimum absolute atomic E-state index is 0.118. The number of nitrogens with zero attached hydrogens (tertiary/aromatic N) is 2. The van der Waals surface area contributed by atoms with E-state index in [4.69, 9.17) is 4.74 Å². The fraction of sp³-hybridized carbons (Fsp3) is 0.552. The number of hydrogen-bond donors (Lipinski definition) is 0. The summed E-state index contributed by atoms with van der Waals surface area (Å²) in [6.45, 7) is 4.46. The largest absolute Gasteiger partial charge is 0.388 e. The molecule has 1 aromatic carbocycles. The normalized spacial score (nSPS) is 12.2. The van der Waals surface area contributed by atoms with Crippen LogP contribution in [0.15, 0.2) is 54.9 Å². The zero-order valence-corrected chi connectivity index (χ0v) is 20.7. The Bertz CT molecular complexity index is 787. The number of rotatable bonds is 17. The first-order chi connectivity index (χ1) is 16.2. The molecular formula is C29H42N2O2. The molecule has 1 atom stereocenters. The van der Waals surface area contributed by atoms with Gasteiger partial charge < -0.3 is 4.74 Å². The molecule has 0 spiro atoms. The molecule has 0 aliphatic carbocycles. The Kier molecular flexibility index (Phi) is 13.8. The Morgan fingerprint density at radius 1 is 0.848 bits per heavy atom. The van der Waals surface area contributed by atoms with Gasteiger partial charge in [0.15, 0.2) is 0 Å². The van der Waals surface area contributed by atoms with Crippen molar-refractivity contribution in [2.75, 3.05) is 0 Å². The highest BCUT2D eigenvalue weighted by Gasteiger charge is 2.10. The van der Waals surface area contributed by atoms with Crippen LogP contribution in [-0.2, 0) is 11.2 Å². The van der Waals surface area contributed by atoms with E-state index >= 15 is 0 Å². The summed E-state index contributed by atoms with van der Waals surface area (Å²) in [4.78, 5) is 20.8. The number of benzene rings is 1. The number of allylic oxidation sites excluding steroid dienone is 1. The van der Waals surface area contributed by atoms with E-state index in [1.54, 1.807) is 12.4 Å². The van der Waals surface area contributed by atoms with Gasteiger partial charge in [-0.25, -0.2) is 14.8 Å². The lowest BCUT2D eigenvalue weighted by molar-refractivity contribution is -0.129. The van der Waals surface area contributed by atoms with Crippen molar-refractivity contribution < 1.29 is 9.53 Å². The lowest BCUT2D eigenvalue weighted by Crippen LogP contribution is -2.08. The molecule has 1 unspecified atom stereocenters. The SMILES string of the molecule is CCCCCCCCc1cnc(OC(=O)C=CC(CCCCCCC)c2ccccc2)nc1. The zero-order valence-electron chi connectivity index (χ0n) is 20.7. The molecule has 4 heteroatoms. The number of esters is 1. The maximum atomic E-state index is 12.4. The van der Waals surface area contributed by atoms with Gasteiger partial charge in [-0.1, -0.05) is 114 Å². The molecule has 0 saturated carbocycles. The highest BCUT2D eigenvalue weighted by molar-refractivity contribution is 5.83. The molecule has 1 heterocycles. The first kappa shape index (κ1) is 26.8. The van der Waals surface area contributed by atoms with Gasteiger partial charge in [-0.15, -0.1) is 0 Å². The van der Waals surface area contributed by atoms with Crippen molar-refractivity contribution >= 4 is 5.97 Å². The van der Waals surface area contributed by atoms with Crippen molar-refractivity contribution in [2.24, 2.45) is 0 Å². The van der Waals surface area contributed by atoms with Crippen molar-refractivity contribution in [3.8, 4) is 6.01 Å². The summed E-state index contributed by atoms with van der Waals surface area (Å²) in [5, 5.41) is 0. The van der Waals surface area contributed by atoms with E-state index in [1.807, 2.05) is 24.3 Å². The third kappa shape index (κ3) is 11.8. The van der Waals surface area contributed by atoms with Crippen LogP contribution < -0.4 is 4.74 Å². The van der Waals surface area contributed by atoms with Crippen molar-refractivity contribution in [3.05, 3.63) is 66.0 Å². The summed E-state index contributed by atoms with van der Waals surface area (Å²) in [6.07, 6.45) is 22.8. The van der Waals surface area contributed by atoms with E-state index in [9.17, 15) is 4.79 Å². The van der Waals surface area contributed by atoms with Crippen molar-refractivity contribution in [3.63, 3.8) is 0 Å². The number of unbranched alkanes of at least 4 members (excludes halogenated alkanes) is 9. The third-order valence-electron chi connectivity index (χ3n) is 6.00. The molecule has 0 N–H and O–H groups in total. The number of aromatic nitrogens is 2. The van der Waals surface area contributed by atoms with E-state index in [2.05, 4.69) is 35.9 Å². The number of carbonyl (C=O) groups is 1.